The Kier molecular flexibility index (Phi) is 5.11. The van der Waals surface area contributed by atoms with Crippen LogP contribution < -0.4 is 11.1 Å². The van der Waals surface area contributed by atoms with E-state index in [4.69, 9.17) is 17.3 Å². The second-order valence-electron chi connectivity index (χ2n) is 5.14. The molecule has 0 aliphatic rings. The Morgan fingerprint density at radius 2 is 2.22 bits per heavy atom. The molecule has 100 valence electrons. The average Bonchev–Trinajstić information content (AvgIpc) is 2.27. The average molecular weight is 270 g/mol. The maximum absolute atomic E-state index is 11.6. The van der Waals surface area contributed by atoms with Crippen LogP contribution in [0.2, 0.25) is 5.15 Å². The standard InChI is InChI=1S/C13H20ClN3O/c1-9(2)6-13(3,12(15)18)17-8-10-4-5-11(14)16-7-10/h4-5,7,9,17H,6,8H2,1-3H3,(H2,15,18)/t13-/m1/s1. The van der Waals surface area contributed by atoms with Gasteiger partial charge in [0, 0.05) is 12.7 Å². The fraction of sp³-hybridized carbons (Fsp3) is 0.538. The van der Waals surface area contributed by atoms with Gasteiger partial charge in [0.25, 0.3) is 0 Å². The van der Waals surface area contributed by atoms with Gasteiger partial charge in [-0.25, -0.2) is 4.98 Å². The van der Waals surface area contributed by atoms with Gasteiger partial charge in [-0.3, -0.25) is 10.1 Å². The number of nitrogens with one attached hydrogen (secondary N) is 1. The number of primary amides is 1. The predicted octanol–water partition coefficient (Wildman–Crippen LogP) is 2.11. The van der Waals surface area contributed by atoms with Crippen molar-refractivity contribution in [2.45, 2.75) is 39.3 Å². The molecule has 0 fully saturated rings. The molecule has 0 spiro atoms. The van der Waals surface area contributed by atoms with Gasteiger partial charge < -0.3 is 5.73 Å². The van der Waals surface area contributed by atoms with E-state index < -0.39 is 5.54 Å². The lowest BCUT2D eigenvalue weighted by Gasteiger charge is -2.29. The number of hydrogen-bond donors (Lipinski definition) is 2. The van der Waals surface area contributed by atoms with Crippen molar-refractivity contribution in [2.75, 3.05) is 0 Å². The zero-order valence-corrected chi connectivity index (χ0v) is 11.8. The SMILES string of the molecule is CC(C)C[C@@](C)(NCc1ccc(Cl)nc1)C(N)=O. The molecule has 3 N–H and O–H groups in total. The Hall–Kier alpha value is -1.13. The molecular weight excluding hydrogens is 250 g/mol. The summed E-state index contributed by atoms with van der Waals surface area (Å²) in [6.45, 7) is 6.49. The van der Waals surface area contributed by atoms with Gasteiger partial charge in [0.2, 0.25) is 5.91 Å². The molecule has 4 nitrogen and oxygen atoms in total. The number of rotatable bonds is 6. The van der Waals surface area contributed by atoms with Gasteiger partial charge in [-0.2, -0.15) is 0 Å². The molecule has 1 rings (SSSR count). The summed E-state index contributed by atoms with van der Waals surface area (Å²) in [6, 6.07) is 3.60. The first-order valence-electron chi connectivity index (χ1n) is 5.99. The Balaban J connectivity index is 2.68. The van der Waals surface area contributed by atoms with Gasteiger partial charge in [-0.05, 0) is 30.9 Å². The summed E-state index contributed by atoms with van der Waals surface area (Å²) >= 11 is 5.72. The monoisotopic (exact) mass is 269 g/mol. The van der Waals surface area contributed by atoms with E-state index in [2.05, 4.69) is 24.1 Å². The normalized spacial score (nSPS) is 14.5. The van der Waals surface area contributed by atoms with Crippen LogP contribution in [0.4, 0.5) is 0 Å². The molecule has 18 heavy (non-hydrogen) atoms. The molecule has 1 atom stereocenters. The Morgan fingerprint density at radius 3 is 2.67 bits per heavy atom. The molecule has 5 heteroatoms. The highest BCUT2D eigenvalue weighted by Gasteiger charge is 2.31. The van der Waals surface area contributed by atoms with Gasteiger partial charge in [0.05, 0.1) is 5.54 Å². The smallest absolute Gasteiger partial charge is 0.237 e. The molecular formula is C13H20ClN3O. The molecule has 0 aliphatic heterocycles. The minimum atomic E-state index is -0.701. The highest BCUT2D eigenvalue weighted by Crippen LogP contribution is 2.17. The van der Waals surface area contributed by atoms with Crippen LogP contribution in [0.1, 0.15) is 32.8 Å². The maximum atomic E-state index is 11.6. The maximum Gasteiger partial charge on any atom is 0.237 e. The van der Waals surface area contributed by atoms with Gasteiger partial charge in [-0.15, -0.1) is 0 Å². The van der Waals surface area contributed by atoms with Crippen LogP contribution in [0.3, 0.4) is 0 Å². The lowest BCUT2D eigenvalue weighted by molar-refractivity contribution is -0.124. The van der Waals surface area contributed by atoms with E-state index in [1.54, 1.807) is 12.3 Å². The number of aromatic nitrogens is 1. The van der Waals surface area contributed by atoms with Crippen molar-refractivity contribution < 1.29 is 4.79 Å². The van der Waals surface area contributed by atoms with Crippen molar-refractivity contribution in [2.24, 2.45) is 11.7 Å². The summed E-state index contributed by atoms with van der Waals surface area (Å²) in [6.07, 6.45) is 2.38. The number of carbonyl (C=O) groups is 1. The van der Waals surface area contributed by atoms with Crippen LogP contribution in [-0.2, 0) is 11.3 Å². The van der Waals surface area contributed by atoms with Crippen molar-refractivity contribution in [3.8, 4) is 0 Å². The van der Waals surface area contributed by atoms with Crippen molar-refractivity contribution >= 4 is 17.5 Å². The molecule has 1 heterocycles. The van der Waals surface area contributed by atoms with E-state index in [1.807, 2.05) is 13.0 Å². The van der Waals surface area contributed by atoms with Gasteiger partial charge in [0.1, 0.15) is 5.15 Å². The van der Waals surface area contributed by atoms with E-state index in [-0.39, 0.29) is 5.91 Å². The van der Waals surface area contributed by atoms with Crippen LogP contribution in [0, 0.1) is 5.92 Å². The van der Waals surface area contributed by atoms with Crippen LogP contribution in [0.25, 0.3) is 0 Å². The van der Waals surface area contributed by atoms with E-state index in [9.17, 15) is 4.79 Å². The number of carbonyl (C=O) groups excluding carboxylic acids is 1. The Labute approximate surface area is 113 Å². The number of nitrogens with zero attached hydrogens (tertiary/aromatic N) is 1. The first kappa shape index (κ1) is 14.9. The lowest BCUT2D eigenvalue weighted by atomic mass is 9.90. The van der Waals surface area contributed by atoms with E-state index in [1.165, 1.54) is 0 Å². The second kappa shape index (κ2) is 6.16. The number of hydrogen-bond acceptors (Lipinski definition) is 3. The molecule has 0 aromatic carbocycles. The third kappa shape index (κ3) is 4.27. The fourth-order valence-electron chi connectivity index (χ4n) is 1.88. The minimum absolute atomic E-state index is 0.335. The van der Waals surface area contributed by atoms with Crippen LogP contribution in [-0.4, -0.2) is 16.4 Å². The summed E-state index contributed by atoms with van der Waals surface area (Å²) in [7, 11) is 0. The minimum Gasteiger partial charge on any atom is -0.368 e. The zero-order valence-electron chi connectivity index (χ0n) is 11.0. The van der Waals surface area contributed by atoms with Crippen molar-refractivity contribution in [3.05, 3.63) is 29.0 Å². The van der Waals surface area contributed by atoms with Crippen molar-refractivity contribution in [3.63, 3.8) is 0 Å². The number of amides is 1. The lowest BCUT2D eigenvalue weighted by Crippen LogP contribution is -2.53. The van der Waals surface area contributed by atoms with Gasteiger partial charge in [-0.1, -0.05) is 31.5 Å². The molecule has 0 saturated heterocycles. The predicted molar refractivity (Wildman–Crippen MR) is 73.1 cm³/mol. The number of halogens is 1. The van der Waals surface area contributed by atoms with Gasteiger partial charge >= 0.3 is 0 Å². The summed E-state index contributed by atoms with van der Waals surface area (Å²) in [5, 5.41) is 3.66. The number of nitrogens with two attached hydrogens (primary N) is 1. The topological polar surface area (TPSA) is 68.0 Å². The van der Waals surface area contributed by atoms with Crippen LogP contribution in [0.15, 0.2) is 18.3 Å². The van der Waals surface area contributed by atoms with Gasteiger partial charge in [0.15, 0.2) is 0 Å². The molecule has 0 saturated carbocycles. The van der Waals surface area contributed by atoms with Crippen LogP contribution in [0.5, 0.6) is 0 Å². The Bertz CT molecular complexity index is 405. The summed E-state index contributed by atoms with van der Waals surface area (Å²) in [4.78, 5) is 15.5. The highest BCUT2D eigenvalue weighted by molar-refractivity contribution is 6.29. The quantitative estimate of drug-likeness (QED) is 0.778. The molecule has 0 unspecified atom stereocenters. The third-order valence-electron chi connectivity index (χ3n) is 2.83. The molecule has 1 aromatic heterocycles. The van der Waals surface area contributed by atoms with Crippen LogP contribution >= 0.6 is 11.6 Å². The van der Waals surface area contributed by atoms with E-state index in [0.29, 0.717) is 24.0 Å². The summed E-state index contributed by atoms with van der Waals surface area (Å²) in [5.41, 5.74) is 5.74. The second-order valence-corrected chi connectivity index (χ2v) is 5.52. The summed E-state index contributed by atoms with van der Waals surface area (Å²) in [5.74, 6) is 0.0523. The fourth-order valence-corrected chi connectivity index (χ4v) is 2.00. The zero-order chi connectivity index (χ0) is 13.8. The number of pyridine rings is 1. The largest absolute Gasteiger partial charge is 0.368 e. The Morgan fingerprint density at radius 1 is 1.56 bits per heavy atom. The molecule has 1 aromatic rings. The highest BCUT2D eigenvalue weighted by atomic mass is 35.5. The summed E-state index contributed by atoms with van der Waals surface area (Å²) < 4.78 is 0. The molecule has 0 aliphatic carbocycles. The molecule has 0 radical (unpaired) electrons. The first-order valence-corrected chi connectivity index (χ1v) is 6.36. The first-order chi connectivity index (χ1) is 8.33. The third-order valence-corrected chi connectivity index (χ3v) is 3.06. The van der Waals surface area contributed by atoms with Crippen molar-refractivity contribution in [1.29, 1.82) is 0 Å². The molecule has 0 bridgehead atoms. The van der Waals surface area contributed by atoms with Crippen molar-refractivity contribution in [1.82, 2.24) is 10.3 Å². The van der Waals surface area contributed by atoms with E-state index in [0.717, 1.165) is 5.56 Å². The van der Waals surface area contributed by atoms with E-state index >= 15 is 0 Å². The molecule has 1 amide bonds.